The summed E-state index contributed by atoms with van der Waals surface area (Å²) < 4.78 is 38.1. The van der Waals surface area contributed by atoms with Crippen LogP contribution in [0, 0.1) is 12.3 Å². The molecule has 3 rings (SSSR count). The number of nitrogens with one attached hydrogen (secondary N) is 2. The molecule has 0 spiro atoms. The van der Waals surface area contributed by atoms with Gasteiger partial charge in [-0.3, -0.25) is 14.5 Å². The van der Waals surface area contributed by atoms with Crippen molar-refractivity contribution in [3.05, 3.63) is 65.2 Å². The van der Waals surface area contributed by atoms with Gasteiger partial charge < -0.3 is 20.6 Å². The summed E-state index contributed by atoms with van der Waals surface area (Å²) in [5.74, 6) is 0.151. The zero-order valence-electron chi connectivity index (χ0n) is 25.4. The van der Waals surface area contributed by atoms with E-state index in [1.807, 2.05) is 58.8 Å². The van der Waals surface area contributed by atoms with Gasteiger partial charge in [0.25, 0.3) is 0 Å². The van der Waals surface area contributed by atoms with Crippen molar-refractivity contribution in [2.24, 2.45) is 5.41 Å². The molecule has 234 valence electrons. The number of amides is 4. The Balaban J connectivity index is 0.000000447. The van der Waals surface area contributed by atoms with E-state index in [2.05, 4.69) is 10.6 Å². The van der Waals surface area contributed by atoms with Gasteiger partial charge in [-0.15, -0.1) is 0 Å². The molecule has 2 aromatic carbocycles. The van der Waals surface area contributed by atoms with Crippen LogP contribution in [0.2, 0.25) is 0 Å². The van der Waals surface area contributed by atoms with Gasteiger partial charge in [-0.1, -0.05) is 57.0 Å². The first-order valence-electron chi connectivity index (χ1n) is 14.1. The fraction of sp³-hybridized carbons (Fsp3) is 0.516. The first-order valence-corrected chi connectivity index (χ1v) is 14.1. The number of phenolic OH excluding ortho intramolecular Hbond substituents is 1. The summed E-state index contributed by atoms with van der Waals surface area (Å²) in [6, 6.07) is 11.0. The lowest BCUT2D eigenvalue weighted by atomic mass is 9.74. The number of nitrogens with zero attached hydrogens (tertiary/aromatic N) is 2. The number of benzene rings is 2. The maximum atomic E-state index is 12.7. The number of hydrogen-bond donors (Lipinski definition) is 3. The van der Waals surface area contributed by atoms with Crippen LogP contribution < -0.4 is 10.6 Å². The van der Waals surface area contributed by atoms with Crippen molar-refractivity contribution in [1.29, 1.82) is 0 Å². The first kappa shape index (κ1) is 36.4. The Morgan fingerprint density at radius 1 is 1.07 bits per heavy atom. The number of aryl methyl sites for hydroxylation is 1. The van der Waals surface area contributed by atoms with Gasteiger partial charge >= 0.3 is 12.2 Å². The van der Waals surface area contributed by atoms with Crippen LogP contribution in [0.5, 0.6) is 5.75 Å². The van der Waals surface area contributed by atoms with Crippen molar-refractivity contribution in [3.63, 3.8) is 0 Å². The third-order valence-electron chi connectivity index (χ3n) is 7.09. The highest BCUT2D eigenvalue weighted by atomic mass is 19.4. The molecule has 0 saturated carbocycles. The molecule has 8 nitrogen and oxygen atoms in total. The maximum Gasteiger partial charge on any atom is 0.416 e. The highest BCUT2D eigenvalue weighted by Gasteiger charge is 2.52. The Morgan fingerprint density at radius 3 is 2.05 bits per heavy atom. The summed E-state index contributed by atoms with van der Waals surface area (Å²) in [5, 5.41) is 14.1. The summed E-state index contributed by atoms with van der Waals surface area (Å²) in [7, 11) is 3.93. The van der Waals surface area contributed by atoms with E-state index in [0.29, 0.717) is 43.5 Å². The van der Waals surface area contributed by atoms with Crippen molar-refractivity contribution in [3.8, 4) is 5.75 Å². The van der Waals surface area contributed by atoms with Gasteiger partial charge in [0.2, 0.25) is 12.3 Å². The molecule has 1 saturated heterocycles. The Bertz CT molecular complexity index is 1080. The number of urea groups is 1. The lowest BCUT2D eigenvalue weighted by molar-refractivity contribution is -0.155. The summed E-state index contributed by atoms with van der Waals surface area (Å²) >= 11 is 0. The van der Waals surface area contributed by atoms with Gasteiger partial charge in [-0.05, 0) is 70.1 Å². The number of alkyl halides is 3. The summed E-state index contributed by atoms with van der Waals surface area (Å²) in [6.07, 6.45) is -0.994. The Hall–Kier alpha value is -3.60. The van der Waals surface area contributed by atoms with E-state index in [1.165, 1.54) is 22.6 Å². The van der Waals surface area contributed by atoms with E-state index in [4.69, 9.17) is 5.11 Å². The van der Waals surface area contributed by atoms with E-state index >= 15 is 0 Å². The van der Waals surface area contributed by atoms with Crippen molar-refractivity contribution in [2.75, 3.05) is 33.7 Å². The highest BCUT2D eigenvalue weighted by Crippen LogP contribution is 2.39. The lowest BCUT2D eigenvalue weighted by Crippen LogP contribution is -2.65. The van der Waals surface area contributed by atoms with Gasteiger partial charge in [-0.2, -0.15) is 13.2 Å². The van der Waals surface area contributed by atoms with Crippen molar-refractivity contribution in [1.82, 2.24) is 20.4 Å². The van der Waals surface area contributed by atoms with E-state index in [1.54, 1.807) is 12.1 Å². The molecule has 11 heteroatoms. The summed E-state index contributed by atoms with van der Waals surface area (Å²) in [4.78, 5) is 37.7. The molecule has 1 aliphatic heterocycles. The lowest BCUT2D eigenvalue weighted by Gasteiger charge is -2.47. The quantitative estimate of drug-likeness (QED) is 0.181. The van der Waals surface area contributed by atoms with Crippen LogP contribution in [-0.4, -0.2) is 67.0 Å². The second kappa shape index (κ2) is 17.4. The second-order valence-corrected chi connectivity index (χ2v) is 10.5. The molecule has 42 heavy (non-hydrogen) atoms. The number of hydrogen-bond acceptors (Lipinski definition) is 5. The number of likely N-dealkylation sites (tertiary alicyclic amines) is 1. The van der Waals surface area contributed by atoms with Crippen LogP contribution in [-0.2, 0) is 15.8 Å². The molecule has 0 aromatic heterocycles. The normalized spacial score (nSPS) is 14.4. The van der Waals surface area contributed by atoms with Crippen molar-refractivity contribution in [2.45, 2.75) is 65.6 Å². The molecule has 2 aromatic rings. The molecular weight excluding hydrogens is 549 g/mol. The van der Waals surface area contributed by atoms with Crippen LogP contribution in [0.3, 0.4) is 0 Å². The van der Waals surface area contributed by atoms with Crippen LogP contribution >= 0.6 is 0 Å². The molecule has 0 aliphatic carbocycles. The van der Waals surface area contributed by atoms with Crippen LogP contribution in [0.4, 0.5) is 18.0 Å². The Morgan fingerprint density at radius 2 is 1.64 bits per heavy atom. The van der Waals surface area contributed by atoms with Gasteiger partial charge in [0.05, 0.1) is 17.0 Å². The maximum absolute atomic E-state index is 12.7. The summed E-state index contributed by atoms with van der Waals surface area (Å²) in [6.45, 7) is 9.79. The number of halogens is 3. The molecule has 1 atom stereocenters. The number of rotatable bonds is 10. The van der Waals surface area contributed by atoms with Crippen LogP contribution in [0.1, 0.15) is 69.2 Å². The molecule has 3 N–H and O–H groups in total. The predicted molar refractivity (Wildman–Crippen MR) is 158 cm³/mol. The molecule has 1 unspecified atom stereocenters. The number of carbonyl (C=O) groups is 3. The minimum absolute atomic E-state index is 0.178. The van der Waals surface area contributed by atoms with Crippen LogP contribution in [0.25, 0.3) is 0 Å². The number of imide groups is 1. The smallest absolute Gasteiger partial charge is 0.416 e. The van der Waals surface area contributed by atoms with Gasteiger partial charge in [0, 0.05) is 19.6 Å². The zero-order valence-corrected chi connectivity index (χ0v) is 25.4. The van der Waals surface area contributed by atoms with E-state index in [0.717, 1.165) is 31.6 Å². The number of phenols is 1. The zero-order chi connectivity index (χ0) is 31.9. The molecule has 1 heterocycles. The molecule has 0 radical (unpaired) electrons. The molecular formula is C31H45F3N4O4. The minimum atomic E-state index is -4.39. The second-order valence-electron chi connectivity index (χ2n) is 10.5. The predicted octanol–water partition coefficient (Wildman–Crippen LogP) is 5.90. The standard InChI is InChI=1S/C19H25F3N2O2.C7H8O.C5H12N2O/c1-4-7-15(13-8-10-14(11-9-13)19(20,21)22)23-17(26)24-12-18(5-2,6-3)16(24)25;1-6-2-4-7(8)5-3-6;1-7(2)4-3-6-5-8/h8-11,15H,4-7,12H2,1-3H3,(H,23,26);2-5,8H,1H3;5H,3-4H2,1-2H3,(H,6,8). The van der Waals surface area contributed by atoms with Crippen LogP contribution in [0.15, 0.2) is 48.5 Å². The number of aromatic hydroxyl groups is 1. The Labute approximate surface area is 247 Å². The molecule has 4 amide bonds. The molecule has 1 aliphatic rings. The van der Waals surface area contributed by atoms with Gasteiger partial charge in [0.1, 0.15) is 5.75 Å². The fourth-order valence-electron chi connectivity index (χ4n) is 4.21. The average molecular weight is 595 g/mol. The number of β-lactam (4-membered cyclic amide) rings is 1. The largest absolute Gasteiger partial charge is 0.508 e. The minimum Gasteiger partial charge on any atom is -0.508 e. The first-order chi connectivity index (χ1) is 19.7. The van der Waals surface area contributed by atoms with Crippen molar-refractivity contribution < 1.29 is 32.7 Å². The van der Waals surface area contributed by atoms with E-state index < -0.39 is 29.2 Å². The monoisotopic (exact) mass is 594 g/mol. The number of carbonyl (C=O) groups excluding carboxylic acids is 3. The fourth-order valence-corrected chi connectivity index (χ4v) is 4.21. The third-order valence-corrected chi connectivity index (χ3v) is 7.09. The van der Waals surface area contributed by atoms with Gasteiger partial charge in [-0.25, -0.2) is 4.79 Å². The highest BCUT2D eigenvalue weighted by molar-refractivity contribution is 6.02. The Kier molecular flexibility index (Phi) is 15.1. The number of likely N-dealkylation sites (N-methyl/N-ethyl adjacent to an activating group) is 1. The van der Waals surface area contributed by atoms with Crippen molar-refractivity contribution >= 4 is 18.3 Å². The average Bonchev–Trinajstić information content (AvgIpc) is 2.94. The van der Waals surface area contributed by atoms with E-state index in [9.17, 15) is 27.6 Å². The molecule has 0 bridgehead atoms. The molecule has 1 fully saturated rings. The van der Waals surface area contributed by atoms with Gasteiger partial charge in [0.15, 0.2) is 0 Å². The third kappa shape index (κ3) is 11.3. The topological polar surface area (TPSA) is 102 Å². The SMILES string of the molecule is CCCC(NC(=O)N1CC(CC)(CC)C1=O)c1ccc(C(F)(F)F)cc1.CN(C)CCNC=O.Cc1ccc(O)cc1. The summed E-state index contributed by atoms with van der Waals surface area (Å²) in [5.41, 5.74) is 0.587. The van der Waals surface area contributed by atoms with E-state index in [-0.39, 0.29) is 5.91 Å².